The Balaban J connectivity index is 1.73. The van der Waals surface area contributed by atoms with Crippen LogP contribution in [-0.2, 0) is 14.3 Å². The molecule has 1 amide bonds. The van der Waals surface area contributed by atoms with Gasteiger partial charge in [-0.2, -0.15) is 0 Å². The molecule has 0 saturated carbocycles. The van der Waals surface area contributed by atoms with Crippen LogP contribution in [0.1, 0.15) is 5.56 Å². The van der Waals surface area contributed by atoms with Crippen molar-refractivity contribution in [3.05, 3.63) is 60.2 Å². The third-order valence-corrected chi connectivity index (χ3v) is 4.71. The van der Waals surface area contributed by atoms with Crippen molar-refractivity contribution in [2.24, 2.45) is 0 Å². The van der Waals surface area contributed by atoms with Crippen molar-refractivity contribution in [1.82, 2.24) is 0 Å². The minimum absolute atomic E-state index is 0.116. The number of anilines is 1. The van der Waals surface area contributed by atoms with E-state index in [1.54, 1.807) is 0 Å². The van der Waals surface area contributed by atoms with Crippen LogP contribution in [0.3, 0.4) is 0 Å². The van der Waals surface area contributed by atoms with E-state index >= 15 is 0 Å². The third-order valence-electron chi connectivity index (χ3n) is 3.48. The normalized spacial score (nSPS) is 16.2. The zero-order valence-electron chi connectivity index (χ0n) is 12.9. The standard InChI is InChI=1S/C18H19NO3S/c1-13-7-9-14(10-8-13)19-17(20)16(18-21-11-12-22-18)23-15-5-3-2-4-6-15/h2-10,16,18H,11-12H2,1H3,(H,19,20). The molecule has 0 bridgehead atoms. The quantitative estimate of drug-likeness (QED) is 0.853. The van der Waals surface area contributed by atoms with Crippen molar-refractivity contribution >= 4 is 23.4 Å². The molecule has 1 fully saturated rings. The summed E-state index contributed by atoms with van der Waals surface area (Å²) in [6.45, 7) is 3.06. The average molecular weight is 329 g/mol. The second kappa shape index (κ2) is 7.64. The van der Waals surface area contributed by atoms with Crippen LogP contribution in [0, 0.1) is 6.92 Å². The Bertz CT molecular complexity index is 639. The molecule has 4 nitrogen and oxygen atoms in total. The Labute approximate surface area is 140 Å². The summed E-state index contributed by atoms with van der Waals surface area (Å²) in [5.74, 6) is -0.116. The molecule has 1 saturated heterocycles. The lowest BCUT2D eigenvalue weighted by Gasteiger charge is -2.21. The summed E-state index contributed by atoms with van der Waals surface area (Å²) < 4.78 is 11.1. The minimum Gasteiger partial charge on any atom is -0.348 e. The van der Waals surface area contributed by atoms with Crippen molar-refractivity contribution in [1.29, 1.82) is 0 Å². The van der Waals surface area contributed by atoms with Gasteiger partial charge in [0.05, 0.1) is 13.2 Å². The van der Waals surface area contributed by atoms with Gasteiger partial charge in [0.15, 0.2) is 6.29 Å². The van der Waals surface area contributed by atoms with Gasteiger partial charge in [0.2, 0.25) is 5.91 Å². The first-order valence-electron chi connectivity index (χ1n) is 7.55. The van der Waals surface area contributed by atoms with Crippen LogP contribution < -0.4 is 5.32 Å². The maximum atomic E-state index is 12.7. The summed E-state index contributed by atoms with van der Waals surface area (Å²) in [4.78, 5) is 13.7. The molecule has 1 atom stereocenters. The molecule has 120 valence electrons. The summed E-state index contributed by atoms with van der Waals surface area (Å²) in [5.41, 5.74) is 1.93. The van der Waals surface area contributed by atoms with Crippen molar-refractivity contribution < 1.29 is 14.3 Å². The number of thioether (sulfide) groups is 1. The van der Waals surface area contributed by atoms with Crippen molar-refractivity contribution in [3.8, 4) is 0 Å². The highest BCUT2D eigenvalue weighted by Gasteiger charge is 2.33. The second-order valence-corrected chi connectivity index (χ2v) is 6.53. The average Bonchev–Trinajstić information content (AvgIpc) is 3.10. The number of ether oxygens (including phenoxy) is 2. The maximum Gasteiger partial charge on any atom is 0.243 e. The first-order chi connectivity index (χ1) is 11.2. The van der Waals surface area contributed by atoms with Crippen molar-refractivity contribution in [3.63, 3.8) is 0 Å². The molecular formula is C18H19NO3S. The number of aryl methyl sites for hydroxylation is 1. The van der Waals surface area contributed by atoms with E-state index < -0.39 is 11.5 Å². The van der Waals surface area contributed by atoms with Crippen LogP contribution >= 0.6 is 11.8 Å². The summed E-state index contributed by atoms with van der Waals surface area (Å²) >= 11 is 1.45. The molecule has 0 spiro atoms. The molecule has 0 aromatic heterocycles. The Morgan fingerprint density at radius 3 is 2.39 bits per heavy atom. The SMILES string of the molecule is Cc1ccc(NC(=O)C(Sc2ccccc2)C2OCCO2)cc1. The summed E-state index contributed by atoms with van der Waals surface area (Å²) in [5, 5.41) is 2.49. The molecule has 2 aromatic rings. The fourth-order valence-electron chi connectivity index (χ4n) is 2.28. The first-order valence-corrected chi connectivity index (χ1v) is 8.43. The number of amides is 1. The molecule has 5 heteroatoms. The van der Waals surface area contributed by atoms with Gasteiger partial charge in [-0.1, -0.05) is 35.9 Å². The van der Waals surface area contributed by atoms with Gasteiger partial charge in [-0.15, -0.1) is 11.8 Å². The van der Waals surface area contributed by atoms with E-state index in [2.05, 4.69) is 5.32 Å². The van der Waals surface area contributed by atoms with E-state index in [0.29, 0.717) is 13.2 Å². The predicted molar refractivity (Wildman–Crippen MR) is 91.6 cm³/mol. The first kappa shape index (κ1) is 16.1. The summed E-state index contributed by atoms with van der Waals surface area (Å²) in [6, 6.07) is 17.5. The molecular weight excluding hydrogens is 310 g/mol. The number of hydrogen-bond donors (Lipinski definition) is 1. The van der Waals surface area contributed by atoms with Gasteiger partial charge in [0, 0.05) is 10.6 Å². The van der Waals surface area contributed by atoms with E-state index in [0.717, 1.165) is 16.1 Å². The van der Waals surface area contributed by atoms with Gasteiger partial charge in [-0.05, 0) is 31.2 Å². The van der Waals surface area contributed by atoms with E-state index in [-0.39, 0.29) is 5.91 Å². The lowest BCUT2D eigenvalue weighted by Crippen LogP contribution is -2.36. The van der Waals surface area contributed by atoms with Crippen LogP contribution in [-0.4, -0.2) is 30.7 Å². The highest BCUT2D eigenvalue weighted by molar-refractivity contribution is 8.00. The van der Waals surface area contributed by atoms with E-state index in [1.165, 1.54) is 11.8 Å². The zero-order chi connectivity index (χ0) is 16.1. The van der Waals surface area contributed by atoms with Crippen molar-refractivity contribution in [2.75, 3.05) is 18.5 Å². The van der Waals surface area contributed by atoms with E-state index in [1.807, 2.05) is 61.5 Å². The van der Waals surface area contributed by atoms with Gasteiger partial charge >= 0.3 is 0 Å². The Morgan fingerprint density at radius 1 is 1.09 bits per heavy atom. The highest BCUT2D eigenvalue weighted by Crippen LogP contribution is 2.29. The molecule has 1 aliphatic heterocycles. The summed E-state index contributed by atoms with van der Waals surface area (Å²) in [6.07, 6.45) is -0.523. The number of nitrogens with one attached hydrogen (secondary N) is 1. The number of benzene rings is 2. The van der Waals surface area contributed by atoms with Gasteiger partial charge in [-0.3, -0.25) is 4.79 Å². The number of hydrogen-bond acceptors (Lipinski definition) is 4. The fourth-order valence-corrected chi connectivity index (χ4v) is 3.32. The molecule has 1 unspecified atom stereocenters. The van der Waals surface area contributed by atoms with E-state index in [9.17, 15) is 4.79 Å². The Hall–Kier alpha value is -1.82. The monoisotopic (exact) mass is 329 g/mol. The van der Waals surface area contributed by atoms with Crippen LogP contribution in [0.4, 0.5) is 5.69 Å². The molecule has 23 heavy (non-hydrogen) atoms. The second-order valence-electron chi connectivity index (χ2n) is 5.32. The molecule has 1 heterocycles. The largest absolute Gasteiger partial charge is 0.348 e. The van der Waals surface area contributed by atoms with Gasteiger partial charge in [0.25, 0.3) is 0 Å². The van der Waals surface area contributed by atoms with Crippen LogP contribution in [0.2, 0.25) is 0 Å². The Kier molecular flexibility index (Phi) is 5.33. The van der Waals surface area contributed by atoms with Crippen LogP contribution in [0.15, 0.2) is 59.5 Å². The number of rotatable bonds is 5. The number of carbonyl (C=O) groups is 1. The van der Waals surface area contributed by atoms with E-state index in [4.69, 9.17) is 9.47 Å². The Morgan fingerprint density at radius 2 is 1.74 bits per heavy atom. The fraction of sp³-hybridized carbons (Fsp3) is 0.278. The van der Waals surface area contributed by atoms with Gasteiger partial charge in [0.1, 0.15) is 5.25 Å². The van der Waals surface area contributed by atoms with Crippen LogP contribution in [0.5, 0.6) is 0 Å². The zero-order valence-corrected chi connectivity index (χ0v) is 13.7. The molecule has 1 aliphatic rings. The smallest absolute Gasteiger partial charge is 0.243 e. The third kappa shape index (κ3) is 4.34. The van der Waals surface area contributed by atoms with Crippen molar-refractivity contribution in [2.45, 2.75) is 23.4 Å². The minimum atomic E-state index is -0.523. The van der Waals surface area contributed by atoms with Gasteiger partial charge < -0.3 is 14.8 Å². The molecule has 3 rings (SSSR count). The van der Waals surface area contributed by atoms with Crippen LogP contribution in [0.25, 0.3) is 0 Å². The van der Waals surface area contributed by atoms with Gasteiger partial charge in [-0.25, -0.2) is 0 Å². The molecule has 2 aromatic carbocycles. The molecule has 0 radical (unpaired) electrons. The number of carbonyl (C=O) groups excluding carboxylic acids is 1. The lowest BCUT2D eigenvalue weighted by atomic mass is 10.2. The summed E-state index contributed by atoms with van der Waals surface area (Å²) in [7, 11) is 0. The molecule has 0 aliphatic carbocycles. The predicted octanol–water partition coefficient (Wildman–Crippen LogP) is 3.47. The molecule has 1 N–H and O–H groups in total. The highest BCUT2D eigenvalue weighted by atomic mass is 32.2. The maximum absolute atomic E-state index is 12.7. The lowest BCUT2D eigenvalue weighted by molar-refractivity contribution is -0.123. The topological polar surface area (TPSA) is 47.6 Å².